The van der Waals surface area contributed by atoms with Crippen molar-refractivity contribution < 1.29 is 20.9 Å². The van der Waals surface area contributed by atoms with Crippen LogP contribution in [0.5, 0.6) is 0 Å². The molecule has 2 heterocycles. The Morgan fingerprint density at radius 1 is 1.14 bits per heavy atom. The van der Waals surface area contributed by atoms with Gasteiger partial charge in [0.15, 0.2) is 0 Å². The van der Waals surface area contributed by atoms with Crippen molar-refractivity contribution >= 4 is 23.9 Å². The molecule has 0 atom stereocenters. The summed E-state index contributed by atoms with van der Waals surface area (Å²) in [5, 5.41) is 9.02. The zero-order valence-corrected chi connectivity index (χ0v) is 20.5. The van der Waals surface area contributed by atoms with Gasteiger partial charge in [-0.1, -0.05) is 48.5 Å². The molecule has 0 bridgehead atoms. The second kappa shape index (κ2) is 11.6. The largest absolute Gasteiger partial charge is 0.478 e. The van der Waals surface area contributed by atoms with Crippen LogP contribution in [-0.2, 0) is 16.1 Å². The molecule has 1 fully saturated rings. The lowest BCUT2D eigenvalue weighted by molar-refractivity contribution is -0.131. The van der Waals surface area contributed by atoms with Gasteiger partial charge in [0.1, 0.15) is 0 Å². The average molecular weight is 489 g/mol. The summed E-state index contributed by atoms with van der Waals surface area (Å²) in [6, 6.07) is 17.2. The SMILES string of the molecule is CC(C)N(Cc1ccccc1)C(=O)c1cnc(N2CCOCC2)nc1-c1cccc(/C=C/C(=O)O)c1.[HH]. The van der Waals surface area contributed by atoms with Crippen LogP contribution in [0, 0.1) is 0 Å². The number of rotatable bonds is 8. The number of hydrogen-bond acceptors (Lipinski definition) is 6. The van der Waals surface area contributed by atoms with Gasteiger partial charge >= 0.3 is 5.97 Å². The Morgan fingerprint density at radius 2 is 1.89 bits per heavy atom. The van der Waals surface area contributed by atoms with Gasteiger partial charge in [-0.15, -0.1) is 0 Å². The summed E-state index contributed by atoms with van der Waals surface area (Å²) in [6.07, 6.45) is 4.22. The van der Waals surface area contributed by atoms with Gasteiger partial charge in [0, 0.05) is 44.9 Å². The molecule has 0 saturated carbocycles. The molecule has 0 radical (unpaired) electrons. The fourth-order valence-corrected chi connectivity index (χ4v) is 4.05. The van der Waals surface area contributed by atoms with Crippen LogP contribution >= 0.6 is 0 Å². The zero-order chi connectivity index (χ0) is 25.5. The fraction of sp³-hybridized carbons (Fsp3) is 0.286. The van der Waals surface area contributed by atoms with E-state index >= 15 is 0 Å². The summed E-state index contributed by atoms with van der Waals surface area (Å²) in [5.41, 5.74) is 3.36. The van der Waals surface area contributed by atoms with Crippen molar-refractivity contribution in [1.82, 2.24) is 14.9 Å². The molecule has 1 aliphatic rings. The summed E-state index contributed by atoms with van der Waals surface area (Å²) in [4.78, 5) is 38.2. The molecule has 0 unspecified atom stereocenters. The highest BCUT2D eigenvalue weighted by molar-refractivity contribution is 6.00. The minimum atomic E-state index is -1.03. The number of amides is 1. The van der Waals surface area contributed by atoms with E-state index in [1.165, 1.54) is 6.08 Å². The highest BCUT2D eigenvalue weighted by Crippen LogP contribution is 2.27. The number of aromatic nitrogens is 2. The lowest BCUT2D eigenvalue weighted by Gasteiger charge is -2.29. The number of nitrogens with zero attached hydrogens (tertiary/aromatic N) is 4. The number of carboxylic acid groups (broad SMARTS) is 1. The quantitative estimate of drug-likeness (QED) is 0.470. The molecule has 8 heteroatoms. The molecule has 188 valence electrons. The van der Waals surface area contributed by atoms with Gasteiger partial charge in [-0.25, -0.2) is 14.8 Å². The van der Waals surface area contributed by atoms with Gasteiger partial charge in [-0.3, -0.25) is 4.79 Å². The first-order valence-electron chi connectivity index (χ1n) is 12.0. The predicted octanol–water partition coefficient (Wildman–Crippen LogP) is 4.37. The smallest absolute Gasteiger partial charge is 0.328 e. The highest BCUT2D eigenvalue weighted by Gasteiger charge is 2.25. The molecule has 1 amide bonds. The molecule has 0 aliphatic carbocycles. The van der Waals surface area contributed by atoms with Crippen LogP contribution in [0.25, 0.3) is 17.3 Å². The Morgan fingerprint density at radius 3 is 2.58 bits per heavy atom. The Labute approximate surface area is 212 Å². The molecule has 0 spiro atoms. The number of hydrogen-bond donors (Lipinski definition) is 1. The summed E-state index contributed by atoms with van der Waals surface area (Å²) in [5.74, 6) is -0.652. The second-order valence-corrected chi connectivity index (χ2v) is 8.84. The van der Waals surface area contributed by atoms with Crippen LogP contribution in [0.2, 0.25) is 0 Å². The van der Waals surface area contributed by atoms with Crippen molar-refractivity contribution in [3.05, 3.63) is 83.6 Å². The number of anilines is 1. The number of benzene rings is 2. The van der Waals surface area contributed by atoms with E-state index in [1.807, 2.05) is 73.3 Å². The van der Waals surface area contributed by atoms with Crippen molar-refractivity contribution in [2.75, 3.05) is 31.2 Å². The van der Waals surface area contributed by atoms with Crippen molar-refractivity contribution in [2.24, 2.45) is 0 Å². The summed E-state index contributed by atoms with van der Waals surface area (Å²) in [7, 11) is 0. The van der Waals surface area contributed by atoms with Gasteiger partial charge in [0.25, 0.3) is 5.91 Å². The Balaban J connectivity index is 0.00000380. The van der Waals surface area contributed by atoms with E-state index in [-0.39, 0.29) is 13.4 Å². The first-order valence-corrected chi connectivity index (χ1v) is 12.0. The third-order valence-electron chi connectivity index (χ3n) is 5.96. The molecule has 4 rings (SSSR count). The molecule has 1 N–H and O–H groups in total. The molecular formula is C28H32N4O4. The van der Waals surface area contributed by atoms with Crippen molar-refractivity contribution in [2.45, 2.75) is 26.4 Å². The lowest BCUT2D eigenvalue weighted by atomic mass is 10.0. The number of carbonyl (C=O) groups is 2. The third-order valence-corrected chi connectivity index (χ3v) is 5.96. The van der Waals surface area contributed by atoms with Gasteiger partial charge in [0.2, 0.25) is 5.95 Å². The maximum absolute atomic E-state index is 13.9. The summed E-state index contributed by atoms with van der Waals surface area (Å²) < 4.78 is 5.46. The van der Waals surface area contributed by atoms with E-state index in [4.69, 9.17) is 14.8 Å². The van der Waals surface area contributed by atoms with E-state index in [2.05, 4.69) is 4.98 Å². The molecular weight excluding hydrogens is 456 g/mol. The zero-order valence-electron chi connectivity index (χ0n) is 20.5. The topological polar surface area (TPSA) is 95.9 Å². The van der Waals surface area contributed by atoms with Crippen molar-refractivity contribution in [3.63, 3.8) is 0 Å². The number of morpholine rings is 1. The molecule has 1 aromatic heterocycles. The summed E-state index contributed by atoms with van der Waals surface area (Å²) in [6.45, 7) is 6.95. The molecule has 8 nitrogen and oxygen atoms in total. The standard InChI is InChI=1S/C28H30N4O4.H2/c1-20(2)32(19-22-7-4-3-5-8-22)27(35)24-18-29-28(31-13-15-36-16-14-31)30-26(24)23-10-6-9-21(17-23)11-12-25(33)34;/h3-12,17-18,20H,13-16,19H2,1-2H3,(H,33,34);1H/b12-11+;. The number of ether oxygens (including phenoxy) is 1. The van der Waals surface area contributed by atoms with Gasteiger partial charge in [-0.05, 0) is 37.1 Å². The highest BCUT2D eigenvalue weighted by atomic mass is 16.5. The van der Waals surface area contributed by atoms with Crippen molar-refractivity contribution in [3.8, 4) is 11.3 Å². The minimum Gasteiger partial charge on any atom is -0.478 e. The fourth-order valence-electron chi connectivity index (χ4n) is 4.05. The van der Waals surface area contributed by atoms with Crippen LogP contribution in [0.1, 0.15) is 36.8 Å². The Kier molecular flexibility index (Phi) is 8.07. The monoisotopic (exact) mass is 488 g/mol. The Bertz CT molecular complexity index is 1240. The van der Waals surface area contributed by atoms with Crippen molar-refractivity contribution in [1.29, 1.82) is 0 Å². The van der Waals surface area contributed by atoms with Crippen LogP contribution in [0.15, 0.2) is 66.9 Å². The Hall–Kier alpha value is -4.04. The van der Waals surface area contributed by atoms with E-state index in [1.54, 1.807) is 11.1 Å². The molecule has 3 aromatic rings. The number of carboxylic acids is 1. The first-order chi connectivity index (χ1) is 17.4. The third kappa shape index (κ3) is 6.14. The predicted molar refractivity (Wildman–Crippen MR) is 141 cm³/mol. The summed E-state index contributed by atoms with van der Waals surface area (Å²) >= 11 is 0. The number of aliphatic carboxylic acids is 1. The molecule has 36 heavy (non-hydrogen) atoms. The normalized spacial score (nSPS) is 13.8. The van der Waals surface area contributed by atoms with E-state index < -0.39 is 5.97 Å². The van der Waals surface area contributed by atoms with E-state index in [0.29, 0.717) is 61.2 Å². The molecule has 1 saturated heterocycles. The van der Waals surface area contributed by atoms with E-state index in [0.717, 1.165) is 11.6 Å². The van der Waals surface area contributed by atoms with E-state index in [9.17, 15) is 9.59 Å². The van der Waals surface area contributed by atoms with Crippen LogP contribution < -0.4 is 4.90 Å². The maximum atomic E-state index is 13.9. The lowest BCUT2D eigenvalue weighted by Crippen LogP contribution is -2.38. The van der Waals surface area contributed by atoms with Crippen LogP contribution in [-0.4, -0.2) is 64.2 Å². The second-order valence-electron chi connectivity index (χ2n) is 8.84. The van der Waals surface area contributed by atoms with Gasteiger partial charge < -0.3 is 19.6 Å². The van der Waals surface area contributed by atoms with Gasteiger partial charge in [-0.2, -0.15) is 0 Å². The van der Waals surface area contributed by atoms with Crippen LogP contribution in [0.3, 0.4) is 0 Å². The van der Waals surface area contributed by atoms with Gasteiger partial charge in [0.05, 0.1) is 24.5 Å². The number of carbonyl (C=O) groups excluding carboxylic acids is 1. The molecule has 1 aliphatic heterocycles. The van der Waals surface area contributed by atoms with Crippen LogP contribution in [0.4, 0.5) is 5.95 Å². The maximum Gasteiger partial charge on any atom is 0.328 e. The minimum absolute atomic E-state index is 0. The molecule has 2 aromatic carbocycles. The first kappa shape index (κ1) is 25.1. The average Bonchev–Trinajstić information content (AvgIpc) is 2.91.